The van der Waals surface area contributed by atoms with Gasteiger partial charge >= 0.3 is 12.1 Å². The fourth-order valence-corrected chi connectivity index (χ4v) is 4.46. The first-order valence-corrected chi connectivity index (χ1v) is 10.4. The number of hydrogen-bond donors (Lipinski definition) is 1. The molecular formula is C23H24F4N2O4. The van der Waals surface area contributed by atoms with Crippen molar-refractivity contribution in [1.82, 2.24) is 9.88 Å². The van der Waals surface area contributed by atoms with Gasteiger partial charge in [0, 0.05) is 30.9 Å². The van der Waals surface area contributed by atoms with Crippen LogP contribution >= 0.6 is 0 Å². The Morgan fingerprint density at radius 1 is 1.18 bits per heavy atom. The largest absolute Gasteiger partial charge is 0.490 e. The molecule has 0 spiro atoms. The van der Waals surface area contributed by atoms with Gasteiger partial charge in [0.2, 0.25) is 0 Å². The summed E-state index contributed by atoms with van der Waals surface area (Å²) >= 11 is 0. The molecular weight excluding hydrogens is 444 g/mol. The number of aliphatic carboxylic acids is 1. The first kappa shape index (κ1) is 24.6. The van der Waals surface area contributed by atoms with Crippen LogP contribution in [-0.4, -0.2) is 52.7 Å². The Hall–Kier alpha value is -3.01. The SMILES string of the molecule is O=C(O)C(F)(F)F.O=C(c1ccccc1F)N1C[C@H]2CCC[C@@]2(COCc2ccncc2)C1. The van der Waals surface area contributed by atoms with Crippen LogP contribution in [0, 0.1) is 17.2 Å². The van der Waals surface area contributed by atoms with Gasteiger partial charge in [0.1, 0.15) is 5.82 Å². The van der Waals surface area contributed by atoms with Gasteiger partial charge in [0.05, 0.1) is 18.8 Å². The highest BCUT2D eigenvalue weighted by Crippen LogP contribution is 2.49. The number of nitrogens with zero attached hydrogens (tertiary/aromatic N) is 2. The first-order valence-electron chi connectivity index (χ1n) is 10.4. The number of aromatic nitrogens is 1. The monoisotopic (exact) mass is 468 g/mol. The smallest absolute Gasteiger partial charge is 0.475 e. The molecule has 4 rings (SSSR count). The number of carbonyl (C=O) groups excluding carboxylic acids is 1. The number of carboxylic acid groups (broad SMARTS) is 1. The third-order valence-electron chi connectivity index (χ3n) is 6.08. The van der Waals surface area contributed by atoms with Crippen LogP contribution in [0.5, 0.6) is 0 Å². The van der Waals surface area contributed by atoms with E-state index in [0.29, 0.717) is 32.2 Å². The van der Waals surface area contributed by atoms with E-state index in [1.165, 1.54) is 12.5 Å². The van der Waals surface area contributed by atoms with E-state index in [-0.39, 0.29) is 16.9 Å². The Bertz CT molecular complexity index is 970. The van der Waals surface area contributed by atoms with E-state index in [1.54, 1.807) is 30.6 Å². The van der Waals surface area contributed by atoms with Crippen molar-refractivity contribution in [3.05, 3.63) is 65.7 Å². The second-order valence-corrected chi connectivity index (χ2v) is 8.27. The Balaban J connectivity index is 0.000000383. The van der Waals surface area contributed by atoms with Crippen molar-refractivity contribution < 1.29 is 37.0 Å². The molecule has 1 amide bonds. The average Bonchev–Trinajstić information content (AvgIpc) is 3.31. The molecule has 1 aromatic heterocycles. The molecule has 178 valence electrons. The molecule has 0 bridgehead atoms. The fraction of sp³-hybridized carbons (Fsp3) is 0.435. The lowest BCUT2D eigenvalue weighted by molar-refractivity contribution is -0.192. The zero-order valence-corrected chi connectivity index (χ0v) is 17.7. The maximum Gasteiger partial charge on any atom is 0.490 e. The lowest BCUT2D eigenvalue weighted by Gasteiger charge is -2.28. The molecule has 2 aromatic rings. The van der Waals surface area contributed by atoms with Gasteiger partial charge in [0.15, 0.2) is 0 Å². The maximum atomic E-state index is 14.0. The molecule has 33 heavy (non-hydrogen) atoms. The summed E-state index contributed by atoms with van der Waals surface area (Å²) in [5.74, 6) is -2.97. The fourth-order valence-electron chi connectivity index (χ4n) is 4.46. The first-order chi connectivity index (χ1) is 15.6. The van der Waals surface area contributed by atoms with Crippen LogP contribution in [0.15, 0.2) is 48.8 Å². The highest BCUT2D eigenvalue weighted by molar-refractivity contribution is 5.94. The van der Waals surface area contributed by atoms with Crippen LogP contribution in [0.2, 0.25) is 0 Å². The van der Waals surface area contributed by atoms with Crippen LogP contribution in [-0.2, 0) is 16.1 Å². The molecule has 2 heterocycles. The summed E-state index contributed by atoms with van der Waals surface area (Å²) in [6.45, 7) is 2.55. The van der Waals surface area contributed by atoms with Crippen molar-refractivity contribution in [2.24, 2.45) is 11.3 Å². The number of ether oxygens (including phenoxy) is 1. The van der Waals surface area contributed by atoms with Gasteiger partial charge < -0.3 is 14.7 Å². The van der Waals surface area contributed by atoms with E-state index in [9.17, 15) is 22.4 Å². The van der Waals surface area contributed by atoms with E-state index in [0.717, 1.165) is 18.4 Å². The van der Waals surface area contributed by atoms with E-state index >= 15 is 0 Å². The molecule has 2 fully saturated rings. The lowest BCUT2D eigenvalue weighted by atomic mass is 9.81. The van der Waals surface area contributed by atoms with E-state index in [2.05, 4.69) is 4.98 Å². The summed E-state index contributed by atoms with van der Waals surface area (Å²) in [7, 11) is 0. The zero-order valence-electron chi connectivity index (χ0n) is 17.7. The molecule has 0 unspecified atom stereocenters. The number of likely N-dealkylation sites (tertiary alicyclic amines) is 1. The number of carbonyl (C=O) groups is 2. The molecule has 6 nitrogen and oxygen atoms in total. The predicted octanol–water partition coefficient (Wildman–Crippen LogP) is 4.31. The predicted molar refractivity (Wildman–Crippen MR) is 110 cm³/mol. The third kappa shape index (κ3) is 6.07. The molecule has 2 aliphatic rings. The van der Waals surface area contributed by atoms with Gasteiger partial charge in [0.25, 0.3) is 5.91 Å². The summed E-state index contributed by atoms with van der Waals surface area (Å²) in [4.78, 5) is 27.5. The quantitative estimate of drug-likeness (QED) is 0.662. The van der Waals surface area contributed by atoms with Gasteiger partial charge in [-0.1, -0.05) is 18.6 Å². The van der Waals surface area contributed by atoms with Crippen molar-refractivity contribution in [2.45, 2.75) is 32.0 Å². The van der Waals surface area contributed by atoms with Gasteiger partial charge in [-0.05, 0) is 48.6 Å². The number of pyridine rings is 1. The van der Waals surface area contributed by atoms with Gasteiger partial charge in [-0.25, -0.2) is 9.18 Å². The molecule has 1 saturated carbocycles. The van der Waals surface area contributed by atoms with Crippen LogP contribution in [0.3, 0.4) is 0 Å². The number of hydrogen-bond acceptors (Lipinski definition) is 4. The maximum absolute atomic E-state index is 14.0. The number of halogens is 4. The number of benzene rings is 1. The number of rotatable bonds is 5. The normalized spacial score (nSPS) is 21.8. The lowest BCUT2D eigenvalue weighted by Crippen LogP contribution is -2.35. The average molecular weight is 468 g/mol. The summed E-state index contributed by atoms with van der Waals surface area (Å²) < 4.78 is 51.8. The topological polar surface area (TPSA) is 79.7 Å². The highest BCUT2D eigenvalue weighted by atomic mass is 19.4. The Kier molecular flexibility index (Phi) is 7.68. The van der Waals surface area contributed by atoms with E-state index < -0.39 is 18.0 Å². The molecule has 10 heteroatoms. The number of carboxylic acids is 1. The van der Waals surface area contributed by atoms with Gasteiger partial charge in [-0.15, -0.1) is 0 Å². The van der Waals surface area contributed by atoms with Crippen LogP contribution in [0.4, 0.5) is 17.6 Å². The second-order valence-electron chi connectivity index (χ2n) is 8.27. The minimum absolute atomic E-state index is 0.00788. The summed E-state index contributed by atoms with van der Waals surface area (Å²) in [5, 5.41) is 7.12. The molecule has 1 N–H and O–H groups in total. The number of alkyl halides is 3. The van der Waals surface area contributed by atoms with Crippen LogP contribution in [0.25, 0.3) is 0 Å². The van der Waals surface area contributed by atoms with E-state index in [4.69, 9.17) is 14.6 Å². The van der Waals surface area contributed by atoms with Crippen LogP contribution in [0.1, 0.15) is 35.2 Å². The minimum Gasteiger partial charge on any atom is -0.475 e. The minimum atomic E-state index is -5.08. The molecule has 1 saturated heterocycles. The summed E-state index contributed by atoms with van der Waals surface area (Å²) in [6, 6.07) is 10.1. The molecule has 1 aliphatic heterocycles. The van der Waals surface area contributed by atoms with Gasteiger partial charge in [-0.2, -0.15) is 13.2 Å². The highest BCUT2D eigenvalue weighted by Gasteiger charge is 2.51. The standard InChI is InChI=1S/C21H23FN2O2.C2HF3O2/c22-19-6-2-1-5-18(19)20(25)24-12-17-4-3-9-21(17,14-24)15-26-13-16-7-10-23-11-8-16;3-2(4,5)1(6)7/h1-2,5-8,10-11,17H,3-4,9,12-15H2;(H,6,7)/t17-,21+;/m1./s1. The van der Waals surface area contributed by atoms with E-state index in [1.807, 2.05) is 17.0 Å². The van der Waals surface area contributed by atoms with Gasteiger partial charge in [-0.3, -0.25) is 9.78 Å². The summed E-state index contributed by atoms with van der Waals surface area (Å²) in [6.07, 6.45) is 1.79. The third-order valence-corrected chi connectivity index (χ3v) is 6.08. The van der Waals surface area contributed by atoms with Crippen LogP contribution < -0.4 is 0 Å². The van der Waals surface area contributed by atoms with Crippen molar-refractivity contribution >= 4 is 11.9 Å². The van der Waals surface area contributed by atoms with Crippen molar-refractivity contribution in [1.29, 1.82) is 0 Å². The Labute approximate surface area is 188 Å². The molecule has 0 radical (unpaired) electrons. The molecule has 1 aromatic carbocycles. The zero-order chi connectivity index (χ0) is 24.1. The summed E-state index contributed by atoms with van der Waals surface area (Å²) in [5.41, 5.74) is 1.28. The number of fused-ring (bicyclic) bond motifs is 1. The molecule has 2 atom stereocenters. The second kappa shape index (κ2) is 10.3. The van der Waals surface area contributed by atoms with Crippen molar-refractivity contribution in [2.75, 3.05) is 19.7 Å². The van der Waals surface area contributed by atoms with Crippen molar-refractivity contribution in [3.63, 3.8) is 0 Å². The number of amides is 1. The van der Waals surface area contributed by atoms with Crippen molar-refractivity contribution in [3.8, 4) is 0 Å². The molecule has 1 aliphatic carbocycles. The Morgan fingerprint density at radius 2 is 1.85 bits per heavy atom. The Morgan fingerprint density at radius 3 is 2.48 bits per heavy atom.